The van der Waals surface area contributed by atoms with Crippen LogP contribution >= 0.6 is 0 Å². The fraction of sp³-hybridized carbons (Fsp3) is 0.481. The zero-order valence-electron chi connectivity index (χ0n) is 19.2. The normalized spacial score (nSPS) is 30.1. The average molecular weight is 433 g/mol. The molecular formula is C27H32N2O3. The molecule has 0 bridgehead atoms. The first-order valence-electron chi connectivity index (χ1n) is 11.7. The molecule has 5 nitrogen and oxygen atoms in total. The van der Waals surface area contributed by atoms with E-state index >= 15 is 0 Å². The topological polar surface area (TPSA) is 63.4 Å². The summed E-state index contributed by atoms with van der Waals surface area (Å²) in [5.74, 6) is 3.79. The van der Waals surface area contributed by atoms with Crippen molar-refractivity contribution in [3.63, 3.8) is 0 Å². The molecule has 168 valence electrons. The molecular weight excluding hydrogens is 400 g/mol. The fourth-order valence-electron chi connectivity index (χ4n) is 6.62. The standard InChI is InChI=1S/C27H32N2O3/c1-27-13-12-21-20-8-6-19(30)15-18(20)5-7-22(21)23(27)9-11-26(27)29-28-16-17-4-10-24(31-2)25(14-17)32-3/h4,6,8,10,14-16,21-23,30H,5,7,9,11-13H2,1-3H3/b28-16+,29-26-. The second kappa shape index (κ2) is 8.27. The summed E-state index contributed by atoms with van der Waals surface area (Å²) in [6, 6.07) is 11.8. The van der Waals surface area contributed by atoms with Gasteiger partial charge in [0.25, 0.3) is 0 Å². The smallest absolute Gasteiger partial charge is 0.161 e. The van der Waals surface area contributed by atoms with Crippen LogP contribution in [0.1, 0.15) is 61.6 Å². The van der Waals surface area contributed by atoms with Crippen LogP contribution in [0.25, 0.3) is 0 Å². The predicted molar refractivity (Wildman–Crippen MR) is 127 cm³/mol. The number of aryl methyl sites for hydroxylation is 1. The van der Waals surface area contributed by atoms with Crippen molar-refractivity contribution in [2.75, 3.05) is 14.2 Å². The number of fused-ring (bicyclic) bond motifs is 5. The van der Waals surface area contributed by atoms with Gasteiger partial charge in [-0.15, -0.1) is 0 Å². The monoisotopic (exact) mass is 432 g/mol. The van der Waals surface area contributed by atoms with Gasteiger partial charge in [0.1, 0.15) is 5.75 Å². The van der Waals surface area contributed by atoms with Crippen LogP contribution in [0.3, 0.4) is 0 Å². The number of hydrogen-bond donors (Lipinski definition) is 1. The van der Waals surface area contributed by atoms with Gasteiger partial charge in [-0.3, -0.25) is 0 Å². The van der Waals surface area contributed by atoms with E-state index in [0.717, 1.165) is 24.8 Å². The summed E-state index contributed by atoms with van der Waals surface area (Å²) in [4.78, 5) is 0. The highest BCUT2D eigenvalue weighted by Crippen LogP contribution is 2.60. The maximum atomic E-state index is 9.89. The van der Waals surface area contributed by atoms with Gasteiger partial charge in [-0.2, -0.15) is 10.2 Å². The molecule has 0 saturated heterocycles. The van der Waals surface area contributed by atoms with E-state index in [-0.39, 0.29) is 5.41 Å². The third-order valence-corrected chi connectivity index (χ3v) is 8.24. The summed E-state index contributed by atoms with van der Waals surface area (Å²) < 4.78 is 10.7. The molecule has 5 heteroatoms. The Morgan fingerprint density at radius 3 is 2.66 bits per heavy atom. The van der Waals surface area contributed by atoms with Crippen LogP contribution in [0.4, 0.5) is 0 Å². The van der Waals surface area contributed by atoms with Gasteiger partial charge < -0.3 is 14.6 Å². The number of phenolic OH excluding ortho intramolecular Hbond substituents is 1. The molecule has 32 heavy (non-hydrogen) atoms. The van der Waals surface area contributed by atoms with Gasteiger partial charge in [-0.05, 0) is 103 Å². The number of nitrogens with zero attached hydrogens (tertiary/aromatic N) is 2. The Hall–Kier alpha value is -2.82. The highest BCUT2D eigenvalue weighted by molar-refractivity contribution is 5.93. The number of rotatable bonds is 4. The van der Waals surface area contributed by atoms with Gasteiger partial charge in [-0.25, -0.2) is 0 Å². The Morgan fingerprint density at radius 1 is 1.00 bits per heavy atom. The van der Waals surface area contributed by atoms with Crippen molar-refractivity contribution in [2.45, 2.75) is 51.4 Å². The Balaban J connectivity index is 1.35. The Kier molecular flexibility index (Phi) is 5.44. The van der Waals surface area contributed by atoms with Crippen molar-refractivity contribution in [1.82, 2.24) is 0 Å². The van der Waals surface area contributed by atoms with Crippen LogP contribution in [0.5, 0.6) is 17.2 Å². The van der Waals surface area contributed by atoms with E-state index < -0.39 is 0 Å². The molecule has 5 rings (SSSR count). The number of hydrogen-bond acceptors (Lipinski definition) is 5. The Labute approximate surface area is 190 Å². The highest BCUT2D eigenvalue weighted by Gasteiger charge is 2.53. The molecule has 2 aromatic carbocycles. The van der Waals surface area contributed by atoms with Gasteiger partial charge in [0.2, 0.25) is 0 Å². The summed E-state index contributed by atoms with van der Waals surface area (Å²) in [6.07, 6.45) is 8.68. The van der Waals surface area contributed by atoms with Gasteiger partial charge >= 0.3 is 0 Å². The second-order valence-electron chi connectivity index (χ2n) is 9.70. The predicted octanol–water partition coefficient (Wildman–Crippen LogP) is 5.74. The van der Waals surface area contributed by atoms with Crippen LogP contribution in [0, 0.1) is 17.3 Å². The molecule has 4 unspecified atom stereocenters. The molecule has 0 heterocycles. The van der Waals surface area contributed by atoms with Crippen molar-refractivity contribution in [2.24, 2.45) is 27.5 Å². The molecule has 0 aliphatic heterocycles. The molecule has 3 aliphatic rings. The van der Waals surface area contributed by atoms with Gasteiger partial charge in [0.15, 0.2) is 11.5 Å². The largest absolute Gasteiger partial charge is 0.508 e. The third-order valence-electron chi connectivity index (χ3n) is 8.24. The number of aromatic hydroxyl groups is 1. The number of phenols is 1. The first kappa shape index (κ1) is 21.0. The number of benzene rings is 2. The molecule has 0 radical (unpaired) electrons. The summed E-state index contributed by atoms with van der Waals surface area (Å²) in [6.45, 7) is 2.41. The van der Waals surface area contributed by atoms with E-state index in [1.54, 1.807) is 20.4 Å². The van der Waals surface area contributed by atoms with E-state index in [1.807, 2.05) is 30.3 Å². The van der Waals surface area contributed by atoms with Crippen molar-refractivity contribution in [1.29, 1.82) is 0 Å². The third kappa shape index (κ3) is 3.48. The lowest BCUT2D eigenvalue weighted by Crippen LogP contribution is -2.42. The zero-order valence-corrected chi connectivity index (χ0v) is 19.2. The van der Waals surface area contributed by atoms with Crippen LogP contribution in [-0.2, 0) is 6.42 Å². The quantitative estimate of drug-likeness (QED) is 0.495. The molecule has 0 aromatic heterocycles. The SMILES string of the molecule is COc1ccc(/C=N/N=C2/CCC3C4CCc5cc(O)ccc5C4CCC23C)cc1OC. The van der Waals surface area contributed by atoms with Crippen LogP contribution < -0.4 is 9.47 Å². The summed E-state index contributed by atoms with van der Waals surface area (Å²) in [7, 11) is 3.28. The first-order valence-corrected chi connectivity index (χ1v) is 11.7. The lowest BCUT2D eigenvalue weighted by Gasteiger charge is -2.49. The molecule has 3 aliphatic carbocycles. The van der Waals surface area contributed by atoms with Gasteiger partial charge in [0.05, 0.1) is 20.4 Å². The lowest BCUT2D eigenvalue weighted by molar-refractivity contribution is 0.0955. The summed E-state index contributed by atoms with van der Waals surface area (Å²) in [5, 5.41) is 19.1. The highest BCUT2D eigenvalue weighted by atomic mass is 16.5. The molecule has 1 N–H and O–H groups in total. The van der Waals surface area contributed by atoms with Crippen LogP contribution in [0.2, 0.25) is 0 Å². The Bertz CT molecular complexity index is 1080. The molecule has 4 atom stereocenters. The lowest BCUT2D eigenvalue weighted by atomic mass is 9.55. The maximum Gasteiger partial charge on any atom is 0.161 e. The fourth-order valence-corrected chi connectivity index (χ4v) is 6.62. The van der Waals surface area contributed by atoms with Crippen molar-refractivity contribution in [3.8, 4) is 17.2 Å². The molecule has 0 spiro atoms. The second-order valence-corrected chi connectivity index (χ2v) is 9.70. The minimum absolute atomic E-state index is 0.143. The van der Waals surface area contributed by atoms with E-state index in [4.69, 9.17) is 14.6 Å². The summed E-state index contributed by atoms with van der Waals surface area (Å²) >= 11 is 0. The molecule has 2 saturated carbocycles. The van der Waals surface area contributed by atoms with Gasteiger partial charge in [-0.1, -0.05) is 13.0 Å². The Morgan fingerprint density at radius 2 is 1.84 bits per heavy atom. The van der Waals surface area contributed by atoms with E-state index in [9.17, 15) is 5.11 Å². The van der Waals surface area contributed by atoms with E-state index in [1.165, 1.54) is 36.1 Å². The van der Waals surface area contributed by atoms with Crippen LogP contribution in [-0.4, -0.2) is 31.3 Å². The maximum absolute atomic E-state index is 9.89. The van der Waals surface area contributed by atoms with Crippen LogP contribution in [0.15, 0.2) is 46.6 Å². The molecule has 2 fully saturated rings. The van der Waals surface area contributed by atoms with E-state index in [0.29, 0.717) is 35.0 Å². The zero-order chi connectivity index (χ0) is 22.3. The van der Waals surface area contributed by atoms with E-state index in [2.05, 4.69) is 18.1 Å². The van der Waals surface area contributed by atoms with Crippen molar-refractivity contribution < 1.29 is 14.6 Å². The first-order chi connectivity index (χ1) is 15.5. The summed E-state index contributed by atoms with van der Waals surface area (Å²) in [5.41, 5.74) is 5.17. The van der Waals surface area contributed by atoms with Crippen molar-refractivity contribution >= 4 is 11.9 Å². The minimum Gasteiger partial charge on any atom is -0.508 e. The minimum atomic E-state index is 0.143. The average Bonchev–Trinajstić information content (AvgIpc) is 3.15. The number of methoxy groups -OCH3 is 2. The molecule has 2 aromatic rings. The van der Waals surface area contributed by atoms with Gasteiger partial charge in [0, 0.05) is 11.1 Å². The van der Waals surface area contributed by atoms with Crippen molar-refractivity contribution in [3.05, 3.63) is 53.1 Å². The molecule has 0 amide bonds. The number of ether oxygens (including phenoxy) is 2.